The summed E-state index contributed by atoms with van der Waals surface area (Å²) in [6.45, 7) is 0.581. The minimum absolute atomic E-state index is 0.420. The van der Waals surface area contributed by atoms with Gasteiger partial charge >= 0.3 is 0 Å². The Hall–Kier alpha value is -3.53. The van der Waals surface area contributed by atoms with Crippen molar-refractivity contribution in [1.82, 2.24) is 20.2 Å². The van der Waals surface area contributed by atoms with Crippen LogP contribution in [0.2, 0.25) is 0 Å². The zero-order valence-electron chi connectivity index (χ0n) is 12.1. The number of anilines is 3. The Labute approximate surface area is 133 Å². The smallest absolute Gasteiger partial charge is 0.244 e. The van der Waals surface area contributed by atoms with Crippen LogP contribution >= 0.6 is 0 Å². The fraction of sp³-hybridized carbons (Fsp3) is 0.0625. The van der Waals surface area contributed by atoms with Crippen molar-refractivity contribution in [3.05, 3.63) is 66.1 Å². The summed E-state index contributed by atoms with van der Waals surface area (Å²) >= 11 is 0. The van der Waals surface area contributed by atoms with E-state index in [0.29, 0.717) is 23.9 Å². The highest BCUT2D eigenvalue weighted by Crippen LogP contribution is 2.15. The number of aromatic nitrogens is 4. The first-order valence-corrected chi connectivity index (χ1v) is 6.93. The molecule has 0 atom stereocenters. The van der Waals surface area contributed by atoms with E-state index in [0.717, 1.165) is 11.3 Å². The summed E-state index contributed by atoms with van der Waals surface area (Å²) in [5.74, 6) is 0.968. The molecule has 0 saturated heterocycles. The summed E-state index contributed by atoms with van der Waals surface area (Å²) < 4.78 is 0. The largest absolute Gasteiger partial charge is 0.349 e. The molecular formula is C16H13N7. The van der Waals surface area contributed by atoms with Crippen molar-refractivity contribution >= 4 is 17.5 Å². The van der Waals surface area contributed by atoms with Crippen molar-refractivity contribution < 1.29 is 0 Å². The van der Waals surface area contributed by atoms with E-state index in [1.807, 2.05) is 18.2 Å². The van der Waals surface area contributed by atoms with Crippen LogP contribution in [0.5, 0.6) is 0 Å². The maximum Gasteiger partial charge on any atom is 0.244 e. The third kappa shape index (κ3) is 3.98. The summed E-state index contributed by atoms with van der Waals surface area (Å²) in [5.41, 5.74) is 2.42. The topological polar surface area (TPSA) is 99.4 Å². The molecule has 7 nitrogen and oxygen atoms in total. The number of pyridine rings is 1. The van der Waals surface area contributed by atoms with Gasteiger partial charge < -0.3 is 10.6 Å². The third-order valence-electron chi connectivity index (χ3n) is 3.02. The van der Waals surface area contributed by atoms with Gasteiger partial charge in [-0.25, -0.2) is 0 Å². The summed E-state index contributed by atoms with van der Waals surface area (Å²) in [4.78, 5) is 8.32. The maximum atomic E-state index is 8.92. The highest BCUT2D eigenvalue weighted by Gasteiger charge is 2.02. The minimum Gasteiger partial charge on any atom is -0.349 e. The molecule has 0 unspecified atom stereocenters. The van der Waals surface area contributed by atoms with E-state index >= 15 is 0 Å². The fourth-order valence-electron chi connectivity index (χ4n) is 1.93. The van der Waals surface area contributed by atoms with Crippen LogP contribution in [0.15, 0.2) is 55.0 Å². The van der Waals surface area contributed by atoms with Gasteiger partial charge in [0.05, 0.1) is 17.8 Å². The Morgan fingerprint density at radius 2 is 2.00 bits per heavy atom. The standard InChI is InChI=1S/C16H13N7/c17-9-13-2-1-3-14(8-13)21-15-11-20-23-16(22-15)19-10-12-4-6-18-7-5-12/h1-8,11H,10H2,(H2,19,21,22,23). The van der Waals surface area contributed by atoms with Gasteiger partial charge in [-0.05, 0) is 35.9 Å². The molecule has 0 aliphatic heterocycles. The fourth-order valence-corrected chi connectivity index (χ4v) is 1.93. The van der Waals surface area contributed by atoms with E-state index in [1.54, 1.807) is 30.6 Å². The van der Waals surface area contributed by atoms with Gasteiger partial charge in [0, 0.05) is 24.6 Å². The number of nitriles is 1. The average Bonchev–Trinajstić information content (AvgIpc) is 2.61. The van der Waals surface area contributed by atoms with E-state index in [4.69, 9.17) is 5.26 Å². The molecule has 112 valence electrons. The first-order chi connectivity index (χ1) is 11.3. The van der Waals surface area contributed by atoms with E-state index in [-0.39, 0.29) is 0 Å². The molecule has 7 heteroatoms. The molecule has 0 saturated carbocycles. The van der Waals surface area contributed by atoms with Crippen LogP contribution in [0.3, 0.4) is 0 Å². The molecule has 23 heavy (non-hydrogen) atoms. The van der Waals surface area contributed by atoms with Gasteiger partial charge in [0.15, 0.2) is 5.82 Å². The van der Waals surface area contributed by atoms with Crippen molar-refractivity contribution in [2.75, 3.05) is 10.6 Å². The summed E-state index contributed by atoms with van der Waals surface area (Å²) in [7, 11) is 0. The van der Waals surface area contributed by atoms with Gasteiger partial charge in [-0.2, -0.15) is 15.3 Å². The molecule has 0 radical (unpaired) electrons. The number of nitrogens with one attached hydrogen (secondary N) is 2. The van der Waals surface area contributed by atoms with Gasteiger partial charge in [0.2, 0.25) is 5.95 Å². The molecule has 2 N–H and O–H groups in total. The molecule has 2 aromatic heterocycles. The van der Waals surface area contributed by atoms with Crippen molar-refractivity contribution in [2.45, 2.75) is 6.54 Å². The van der Waals surface area contributed by atoms with Crippen LogP contribution in [-0.4, -0.2) is 20.2 Å². The van der Waals surface area contributed by atoms with Gasteiger partial charge in [0.1, 0.15) is 0 Å². The van der Waals surface area contributed by atoms with Gasteiger partial charge in [-0.15, -0.1) is 5.10 Å². The molecule has 0 aliphatic carbocycles. The lowest BCUT2D eigenvalue weighted by atomic mass is 10.2. The molecule has 0 spiro atoms. The van der Waals surface area contributed by atoms with Crippen LogP contribution in [0.25, 0.3) is 0 Å². The SMILES string of the molecule is N#Cc1cccc(Nc2cnnc(NCc3ccncc3)n2)c1. The Kier molecular flexibility index (Phi) is 4.36. The molecule has 0 aliphatic rings. The second-order valence-corrected chi connectivity index (χ2v) is 4.69. The average molecular weight is 303 g/mol. The Balaban J connectivity index is 1.68. The van der Waals surface area contributed by atoms with Crippen molar-refractivity contribution in [3.8, 4) is 6.07 Å². The van der Waals surface area contributed by atoms with Gasteiger partial charge in [-0.3, -0.25) is 4.98 Å². The monoisotopic (exact) mass is 303 g/mol. The zero-order valence-corrected chi connectivity index (χ0v) is 12.1. The van der Waals surface area contributed by atoms with E-state index in [2.05, 4.69) is 36.9 Å². The Morgan fingerprint density at radius 1 is 1.13 bits per heavy atom. The lowest BCUT2D eigenvalue weighted by Gasteiger charge is -2.07. The number of hydrogen-bond acceptors (Lipinski definition) is 7. The second-order valence-electron chi connectivity index (χ2n) is 4.69. The molecule has 0 fully saturated rings. The molecular weight excluding hydrogens is 290 g/mol. The number of hydrogen-bond donors (Lipinski definition) is 2. The Morgan fingerprint density at radius 3 is 2.83 bits per heavy atom. The van der Waals surface area contributed by atoms with Crippen molar-refractivity contribution in [3.63, 3.8) is 0 Å². The quantitative estimate of drug-likeness (QED) is 0.747. The molecule has 2 heterocycles. The minimum atomic E-state index is 0.420. The van der Waals surface area contributed by atoms with Crippen LogP contribution in [0.1, 0.15) is 11.1 Å². The zero-order chi connectivity index (χ0) is 15.9. The molecule has 1 aromatic carbocycles. The van der Waals surface area contributed by atoms with Crippen LogP contribution in [0, 0.1) is 11.3 Å². The lowest BCUT2D eigenvalue weighted by molar-refractivity contribution is 0.948. The molecule has 3 rings (SSSR count). The second kappa shape index (κ2) is 6.95. The van der Waals surface area contributed by atoms with E-state index in [9.17, 15) is 0 Å². The van der Waals surface area contributed by atoms with E-state index in [1.165, 1.54) is 6.20 Å². The normalized spacial score (nSPS) is 9.87. The third-order valence-corrected chi connectivity index (χ3v) is 3.02. The van der Waals surface area contributed by atoms with Gasteiger partial charge in [-0.1, -0.05) is 6.07 Å². The molecule has 3 aromatic rings. The maximum absolute atomic E-state index is 8.92. The number of nitrogens with zero attached hydrogens (tertiary/aromatic N) is 5. The van der Waals surface area contributed by atoms with Crippen LogP contribution in [-0.2, 0) is 6.54 Å². The van der Waals surface area contributed by atoms with Crippen molar-refractivity contribution in [2.24, 2.45) is 0 Å². The summed E-state index contributed by atoms with van der Waals surface area (Å²) in [5, 5.41) is 23.0. The highest BCUT2D eigenvalue weighted by molar-refractivity contribution is 5.58. The Bertz CT molecular complexity index is 827. The van der Waals surface area contributed by atoms with Crippen LogP contribution in [0.4, 0.5) is 17.5 Å². The van der Waals surface area contributed by atoms with Crippen molar-refractivity contribution in [1.29, 1.82) is 5.26 Å². The van der Waals surface area contributed by atoms with E-state index < -0.39 is 0 Å². The summed E-state index contributed by atoms with van der Waals surface area (Å²) in [6, 6.07) is 13.1. The molecule has 0 bridgehead atoms. The predicted molar refractivity (Wildman–Crippen MR) is 85.8 cm³/mol. The summed E-state index contributed by atoms with van der Waals surface area (Å²) in [6.07, 6.45) is 4.99. The predicted octanol–water partition coefficient (Wildman–Crippen LogP) is 2.49. The van der Waals surface area contributed by atoms with Gasteiger partial charge in [0.25, 0.3) is 0 Å². The first kappa shape index (κ1) is 14.4. The lowest BCUT2D eigenvalue weighted by Crippen LogP contribution is -2.06. The van der Waals surface area contributed by atoms with Crippen LogP contribution < -0.4 is 10.6 Å². The molecule has 0 amide bonds. The number of rotatable bonds is 5. The highest BCUT2D eigenvalue weighted by atomic mass is 15.3. The first-order valence-electron chi connectivity index (χ1n) is 6.93. The number of benzene rings is 1.